The van der Waals surface area contributed by atoms with Crippen molar-refractivity contribution in [1.29, 1.82) is 0 Å². The van der Waals surface area contributed by atoms with Gasteiger partial charge >= 0.3 is 0 Å². The average Bonchev–Trinajstić information content (AvgIpc) is 2.43. The van der Waals surface area contributed by atoms with Gasteiger partial charge in [-0.15, -0.1) is 0 Å². The number of rotatable bonds is 11. The Morgan fingerprint density at radius 1 is 0.900 bits per heavy atom. The van der Waals surface area contributed by atoms with Crippen molar-refractivity contribution < 1.29 is 9.47 Å². The van der Waals surface area contributed by atoms with Gasteiger partial charge in [0.1, 0.15) is 11.5 Å². The summed E-state index contributed by atoms with van der Waals surface area (Å²) in [6.45, 7) is 8.43. The van der Waals surface area contributed by atoms with Gasteiger partial charge in [-0.3, -0.25) is 0 Å². The van der Waals surface area contributed by atoms with Crippen LogP contribution < -0.4 is 20.1 Å². The number of nitrogens with one attached hydrogen (secondary N) is 2. The van der Waals surface area contributed by atoms with Gasteiger partial charge in [0.05, 0.1) is 13.2 Å². The molecule has 4 nitrogen and oxygen atoms in total. The largest absolute Gasteiger partial charge is 0.494 e. The lowest BCUT2D eigenvalue weighted by Crippen LogP contribution is -2.22. The molecule has 0 aliphatic rings. The number of ether oxygens (including phenoxy) is 2. The lowest BCUT2D eigenvalue weighted by Gasteiger charge is -2.11. The van der Waals surface area contributed by atoms with Crippen molar-refractivity contribution in [2.75, 3.05) is 39.9 Å². The topological polar surface area (TPSA) is 42.5 Å². The molecule has 0 fully saturated rings. The second kappa shape index (κ2) is 10.5. The second-order valence-electron chi connectivity index (χ2n) is 4.64. The third-order valence-corrected chi connectivity index (χ3v) is 2.93. The van der Waals surface area contributed by atoms with Crippen LogP contribution in [0.1, 0.15) is 25.8 Å². The lowest BCUT2D eigenvalue weighted by atomic mass is 10.1. The molecule has 114 valence electrons. The van der Waals surface area contributed by atoms with Gasteiger partial charge in [0.15, 0.2) is 0 Å². The minimum Gasteiger partial charge on any atom is -0.494 e. The van der Waals surface area contributed by atoms with Crippen LogP contribution in [-0.2, 0) is 6.42 Å². The Labute approximate surface area is 122 Å². The van der Waals surface area contributed by atoms with Crippen molar-refractivity contribution >= 4 is 0 Å². The van der Waals surface area contributed by atoms with Crippen LogP contribution in [-0.4, -0.2) is 39.9 Å². The molecule has 0 aliphatic carbocycles. The summed E-state index contributed by atoms with van der Waals surface area (Å²) in [4.78, 5) is 0. The summed E-state index contributed by atoms with van der Waals surface area (Å²) >= 11 is 0. The summed E-state index contributed by atoms with van der Waals surface area (Å²) in [5.74, 6) is 1.78. The van der Waals surface area contributed by atoms with Gasteiger partial charge in [0, 0.05) is 6.07 Å². The van der Waals surface area contributed by atoms with Crippen molar-refractivity contribution in [1.82, 2.24) is 10.6 Å². The lowest BCUT2D eigenvalue weighted by molar-refractivity contribution is 0.322. The third kappa shape index (κ3) is 6.78. The third-order valence-electron chi connectivity index (χ3n) is 2.93. The first-order valence-corrected chi connectivity index (χ1v) is 7.55. The van der Waals surface area contributed by atoms with Crippen LogP contribution in [0.15, 0.2) is 18.2 Å². The summed E-state index contributed by atoms with van der Waals surface area (Å²) < 4.78 is 11.2. The highest BCUT2D eigenvalue weighted by Gasteiger charge is 2.03. The smallest absolute Gasteiger partial charge is 0.123 e. The molecule has 0 amide bonds. The normalized spacial score (nSPS) is 10.6. The van der Waals surface area contributed by atoms with Crippen LogP contribution in [0.4, 0.5) is 0 Å². The van der Waals surface area contributed by atoms with E-state index in [1.807, 2.05) is 27.0 Å². The van der Waals surface area contributed by atoms with Crippen molar-refractivity contribution in [3.8, 4) is 11.5 Å². The van der Waals surface area contributed by atoms with E-state index >= 15 is 0 Å². The van der Waals surface area contributed by atoms with Gasteiger partial charge in [0.2, 0.25) is 0 Å². The minimum atomic E-state index is 0.678. The quantitative estimate of drug-likeness (QED) is 0.610. The minimum absolute atomic E-state index is 0.678. The molecule has 4 heteroatoms. The molecule has 0 saturated carbocycles. The van der Waals surface area contributed by atoms with E-state index in [1.54, 1.807) is 0 Å². The van der Waals surface area contributed by atoms with E-state index < -0.39 is 0 Å². The number of hydrogen-bond donors (Lipinski definition) is 2. The number of benzene rings is 1. The maximum atomic E-state index is 5.58. The molecule has 2 N–H and O–H groups in total. The standard InChI is InChI=1S/C16H28N2O2/c1-4-19-15-11-14(12-16(13-15)20-5-2)7-10-18-9-6-8-17-3/h11-13,17-18H,4-10H2,1-3H3. The van der Waals surface area contributed by atoms with Crippen LogP contribution in [0.3, 0.4) is 0 Å². The van der Waals surface area contributed by atoms with Crippen LogP contribution in [0, 0.1) is 0 Å². The fourth-order valence-corrected chi connectivity index (χ4v) is 2.02. The molecule has 1 rings (SSSR count). The van der Waals surface area contributed by atoms with Crippen molar-refractivity contribution in [3.63, 3.8) is 0 Å². The van der Waals surface area contributed by atoms with E-state index in [2.05, 4.69) is 22.8 Å². The van der Waals surface area contributed by atoms with Gasteiger partial charge in [-0.05, 0) is 71.1 Å². The average molecular weight is 280 g/mol. The Kier molecular flexibility index (Phi) is 8.83. The van der Waals surface area contributed by atoms with E-state index in [9.17, 15) is 0 Å². The molecular formula is C16H28N2O2. The van der Waals surface area contributed by atoms with Gasteiger partial charge in [0.25, 0.3) is 0 Å². The highest BCUT2D eigenvalue weighted by molar-refractivity contribution is 5.38. The fraction of sp³-hybridized carbons (Fsp3) is 0.625. The van der Waals surface area contributed by atoms with Gasteiger partial charge < -0.3 is 20.1 Å². The Bertz CT molecular complexity index is 345. The summed E-state index contributed by atoms with van der Waals surface area (Å²) in [6.07, 6.45) is 2.14. The summed E-state index contributed by atoms with van der Waals surface area (Å²) in [5.41, 5.74) is 1.25. The molecule has 1 aromatic rings. The molecule has 0 saturated heterocycles. The maximum absolute atomic E-state index is 5.58. The predicted octanol–water partition coefficient (Wildman–Crippen LogP) is 2.23. The zero-order valence-electron chi connectivity index (χ0n) is 13.0. The number of hydrogen-bond acceptors (Lipinski definition) is 4. The SMILES string of the molecule is CCOc1cc(CCNCCCNC)cc(OCC)c1. The zero-order chi connectivity index (χ0) is 14.6. The summed E-state index contributed by atoms with van der Waals surface area (Å²) in [7, 11) is 1.98. The first-order chi connectivity index (χ1) is 9.80. The van der Waals surface area contributed by atoms with Crippen molar-refractivity contribution in [2.24, 2.45) is 0 Å². The fourth-order valence-electron chi connectivity index (χ4n) is 2.02. The molecule has 1 aromatic carbocycles. The molecule has 0 bridgehead atoms. The molecule has 20 heavy (non-hydrogen) atoms. The molecule has 0 spiro atoms. The summed E-state index contributed by atoms with van der Waals surface area (Å²) in [6, 6.07) is 6.15. The monoisotopic (exact) mass is 280 g/mol. The van der Waals surface area contributed by atoms with Crippen LogP contribution in [0.5, 0.6) is 11.5 Å². The van der Waals surface area contributed by atoms with Gasteiger partial charge in [-0.25, -0.2) is 0 Å². The van der Waals surface area contributed by atoms with Crippen molar-refractivity contribution in [3.05, 3.63) is 23.8 Å². The van der Waals surface area contributed by atoms with Gasteiger partial charge in [-0.2, -0.15) is 0 Å². The Morgan fingerprint density at radius 3 is 2.10 bits per heavy atom. The molecular weight excluding hydrogens is 252 g/mol. The van der Waals surface area contributed by atoms with E-state index in [0.717, 1.165) is 44.0 Å². The highest BCUT2D eigenvalue weighted by atomic mass is 16.5. The Hall–Kier alpha value is -1.26. The van der Waals surface area contributed by atoms with E-state index in [4.69, 9.17) is 9.47 Å². The summed E-state index contributed by atoms with van der Waals surface area (Å²) in [5, 5.41) is 6.60. The van der Waals surface area contributed by atoms with Crippen LogP contribution >= 0.6 is 0 Å². The first kappa shape index (κ1) is 16.8. The first-order valence-electron chi connectivity index (χ1n) is 7.55. The molecule has 0 radical (unpaired) electrons. The molecule has 0 aromatic heterocycles. The predicted molar refractivity (Wildman–Crippen MR) is 83.9 cm³/mol. The molecule has 0 atom stereocenters. The van der Waals surface area contributed by atoms with Crippen molar-refractivity contribution in [2.45, 2.75) is 26.7 Å². The molecule has 0 aliphatic heterocycles. The van der Waals surface area contributed by atoms with Gasteiger partial charge in [-0.1, -0.05) is 0 Å². The van der Waals surface area contributed by atoms with Crippen LogP contribution in [0.2, 0.25) is 0 Å². The molecule has 0 unspecified atom stereocenters. The Balaban J connectivity index is 2.46. The van der Waals surface area contributed by atoms with E-state index in [1.165, 1.54) is 5.56 Å². The van der Waals surface area contributed by atoms with E-state index in [-0.39, 0.29) is 0 Å². The van der Waals surface area contributed by atoms with E-state index in [0.29, 0.717) is 13.2 Å². The Morgan fingerprint density at radius 2 is 1.55 bits per heavy atom. The maximum Gasteiger partial charge on any atom is 0.123 e. The van der Waals surface area contributed by atoms with Crippen LogP contribution in [0.25, 0.3) is 0 Å². The zero-order valence-corrected chi connectivity index (χ0v) is 13.0. The second-order valence-corrected chi connectivity index (χ2v) is 4.64. The molecule has 0 heterocycles. The highest BCUT2D eigenvalue weighted by Crippen LogP contribution is 2.23.